The van der Waals surface area contributed by atoms with Gasteiger partial charge in [0.05, 0.1) is 17.8 Å². The van der Waals surface area contributed by atoms with Gasteiger partial charge in [0.1, 0.15) is 5.78 Å². The molecule has 7 nitrogen and oxygen atoms in total. The van der Waals surface area contributed by atoms with Crippen molar-refractivity contribution in [1.29, 1.82) is 0 Å². The van der Waals surface area contributed by atoms with E-state index in [4.69, 9.17) is 4.18 Å². The standard InChI is InChI=1S/C27H44O7S.Na/c1-16(2)12-17(28)15-27(5,30)24-7-6-20-19-14-23(29)22-13-18(34-35(31,32)33)8-10-25(22,3)21(19)9-11-26(20,24)4;/h9,16,18-20,22-24,29-30H,6-8,10-15H2,1-5H3,(H,31,32,33);/q;+1/p-1/t18-,19-,20-,22?,23-,24-,25+,26-,27-;/m0./s1. The van der Waals surface area contributed by atoms with E-state index in [9.17, 15) is 28.0 Å². The predicted octanol–water partition coefficient (Wildman–Crippen LogP) is 1.14. The van der Waals surface area contributed by atoms with E-state index >= 15 is 0 Å². The number of allylic oxidation sites excluding steroid dienone is 2. The Morgan fingerprint density at radius 1 is 1.22 bits per heavy atom. The van der Waals surface area contributed by atoms with Crippen LogP contribution in [0.2, 0.25) is 0 Å². The van der Waals surface area contributed by atoms with Gasteiger partial charge in [0.25, 0.3) is 0 Å². The minimum Gasteiger partial charge on any atom is -0.726 e. The molecule has 4 rings (SSSR count). The third-order valence-electron chi connectivity index (χ3n) is 10.2. The Hall–Kier alpha value is 0.200. The van der Waals surface area contributed by atoms with Gasteiger partial charge < -0.3 is 14.8 Å². The SMILES string of the molecule is CC(C)CC(=O)C[C@](C)(O)[C@H]1CC[C@H]2[C@@H]3C[C@H](O)C4C[C@@H](OS(=O)(=O)[O-])CC[C@]4(C)C3=CC[C@@]21C.[Na+]. The predicted molar refractivity (Wildman–Crippen MR) is 131 cm³/mol. The summed E-state index contributed by atoms with van der Waals surface area (Å²) in [6.07, 6.45) is 6.50. The summed E-state index contributed by atoms with van der Waals surface area (Å²) in [4.78, 5) is 12.6. The van der Waals surface area contributed by atoms with Crippen LogP contribution in [0.25, 0.3) is 0 Å². The number of Topliss-reactive ketones (excluding diaryl/α,β-unsaturated/α-hetero) is 1. The number of aliphatic hydroxyl groups excluding tert-OH is 1. The summed E-state index contributed by atoms with van der Waals surface area (Å²) < 4.78 is 38.2. The normalized spacial score (nSPS) is 41.9. The summed E-state index contributed by atoms with van der Waals surface area (Å²) in [6.45, 7) is 10.3. The van der Waals surface area contributed by atoms with Crippen molar-refractivity contribution in [2.75, 3.05) is 0 Å². The maximum absolute atomic E-state index is 12.6. The van der Waals surface area contributed by atoms with Crippen molar-refractivity contribution in [2.24, 2.45) is 40.4 Å². The zero-order chi connectivity index (χ0) is 26.0. The first-order valence-electron chi connectivity index (χ1n) is 13.3. The Morgan fingerprint density at radius 3 is 2.50 bits per heavy atom. The molecule has 9 heteroatoms. The van der Waals surface area contributed by atoms with Gasteiger partial charge in [-0.1, -0.05) is 39.3 Å². The Balaban J connectivity index is 0.00000361. The van der Waals surface area contributed by atoms with Crippen molar-refractivity contribution in [3.8, 4) is 0 Å². The molecule has 0 amide bonds. The molecule has 0 bridgehead atoms. The van der Waals surface area contributed by atoms with Crippen LogP contribution in [0, 0.1) is 40.4 Å². The van der Waals surface area contributed by atoms with E-state index < -0.39 is 28.2 Å². The van der Waals surface area contributed by atoms with Crippen LogP contribution in [0.5, 0.6) is 0 Å². The van der Waals surface area contributed by atoms with Crippen molar-refractivity contribution in [2.45, 2.75) is 110 Å². The molecule has 0 aliphatic heterocycles. The van der Waals surface area contributed by atoms with Crippen LogP contribution in [-0.4, -0.2) is 46.8 Å². The van der Waals surface area contributed by atoms with Crippen molar-refractivity contribution in [3.63, 3.8) is 0 Å². The van der Waals surface area contributed by atoms with Crippen molar-refractivity contribution >= 4 is 16.2 Å². The maximum atomic E-state index is 12.6. The Morgan fingerprint density at radius 2 is 1.89 bits per heavy atom. The minimum atomic E-state index is -4.77. The van der Waals surface area contributed by atoms with E-state index in [1.807, 2.05) is 20.8 Å². The van der Waals surface area contributed by atoms with E-state index in [-0.39, 0.29) is 76.3 Å². The number of aliphatic hydroxyl groups is 2. The third kappa shape index (κ3) is 5.72. The molecule has 0 saturated heterocycles. The van der Waals surface area contributed by atoms with Crippen molar-refractivity contribution < 1.29 is 61.7 Å². The van der Waals surface area contributed by atoms with E-state index in [0.29, 0.717) is 38.0 Å². The molecule has 0 spiro atoms. The zero-order valence-corrected chi connectivity index (χ0v) is 25.6. The Kier molecular flexibility index (Phi) is 9.09. The molecule has 9 atom stereocenters. The summed E-state index contributed by atoms with van der Waals surface area (Å²) in [5.41, 5.74) is -0.103. The summed E-state index contributed by atoms with van der Waals surface area (Å²) in [6, 6.07) is 0. The largest absolute Gasteiger partial charge is 1.00 e. The van der Waals surface area contributed by atoms with Crippen LogP contribution >= 0.6 is 0 Å². The first-order chi connectivity index (χ1) is 16.1. The van der Waals surface area contributed by atoms with Crippen molar-refractivity contribution in [3.05, 3.63) is 11.6 Å². The fourth-order valence-corrected chi connectivity index (χ4v) is 9.37. The van der Waals surface area contributed by atoms with Gasteiger partial charge in [0.15, 0.2) is 0 Å². The quantitative estimate of drug-likeness (QED) is 0.217. The van der Waals surface area contributed by atoms with Crippen LogP contribution in [0.1, 0.15) is 92.4 Å². The Labute approximate surface area is 239 Å². The summed E-state index contributed by atoms with van der Waals surface area (Å²) in [5, 5.41) is 22.8. The van der Waals surface area contributed by atoms with Crippen LogP contribution in [-0.2, 0) is 19.4 Å². The first-order valence-corrected chi connectivity index (χ1v) is 14.7. The van der Waals surface area contributed by atoms with Gasteiger partial charge in [0, 0.05) is 12.8 Å². The van der Waals surface area contributed by atoms with Crippen LogP contribution in [0.15, 0.2) is 11.6 Å². The molecular weight excluding hydrogens is 491 g/mol. The topological polar surface area (TPSA) is 124 Å². The molecule has 0 aromatic carbocycles. The molecule has 0 aromatic rings. The monoisotopic (exact) mass is 534 g/mol. The number of hydrogen-bond acceptors (Lipinski definition) is 7. The second-order valence-corrected chi connectivity index (χ2v) is 14.1. The van der Waals surface area contributed by atoms with Gasteiger partial charge in [-0.05, 0) is 92.3 Å². The summed E-state index contributed by atoms with van der Waals surface area (Å²) >= 11 is 0. The number of ketones is 1. The molecule has 4 aliphatic rings. The molecule has 36 heavy (non-hydrogen) atoms. The smallest absolute Gasteiger partial charge is 0.726 e. The Bertz CT molecular complexity index is 977. The number of carbonyl (C=O) groups is 1. The third-order valence-corrected chi connectivity index (χ3v) is 10.7. The molecule has 0 radical (unpaired) electrons. The van der Waals surface area contributed by atoms with Gasteiger partial charge >= 0.3 is 29.6 Å². The van der Waals surface area contributed by atoms with E-state index in [2.05, 4.69) is 19.9 Å². The average molecular weight is 535 g/mol. The maximum Gasteiger partial charge on any atom is 1.00 e. The molecule has 3 fully saturated rings. The van der Waals surface area contributed by atoms with E-state index in [1.54, 1.807) is 0 Å². The van der Waals surface area contributed by atoms with E-state index in [0.717, 1.165) is 19.3 Å². The average Bonchev–Trinajstić information content (AvgIpc) is 3.05. The first kappa shape index (κ1) is 30.7. The number of hydrogen-bond donors (Lipinski definition) is 2. The molecule has 200 valence electrons. The number of fused-ring (bicyclic) bond motifs is 5. The van der Waals surface area contributed by atoms with Gasteiger partial charge in [-0.15, -0.1) is 0 Å². The fourth-order valence-electron chi connectivity index (χ4n) is 8.86. The van der Waals surface area contributed by atoms with Gasteiger partial charge in [-0.25, -0.2) is 8.42 Å². The molecule has 0 aromatic heterocycles. The molecule has 0 heterocycles. The van der Waals surface area contributed by atoms with Gasteiger partial charge in [-0.3, -0.25) is 8.98 Å². The summed E-state index contributed by atoms with van der Waals surface area (Å²) in [5.74, 6) is 0.788. The number of carbonyl (C=O) groups excluding carboxylic acids is 1. The van der Waals surface area contributed by atoms with Crippen LogP contribution in [0.4, 0.5) is 0 Å². The van der Waals surface area contributed by atoms with Crippen LogP contribution < -0.4 is 29.6 Å². The minimum absolute atomic E-state index is 0. The van der Waals surface area contributed by atoms with Crippen LogP contribution in [0.3, 0.4) is 0 Å². The second-order valence-electron chi connectivity index (χ2n) is 13.1. The molecule has 1 unspecified atom stereocenters. The van der Waals surface area contributed by atoms with Crippen molar-refractivity contribution in [1.82, 2.24) is 0 Å². The second kappa shape index (κ2) is 10.6. The zero-order valence-electron chi connectivity index (χ0n) is 22.8. The summed E-state index contributed by atoms with van der Waals surface area (Å²) in [7, 11) is -4.77. The molecule has 3 saturated carbocycles. The fraction of sp³-hybridized carbons (Fsp3) is 0.889. The molecule has 4 aliphatic carbocycles. The van der Waals surface area contributed by atoms with Gasteiger partial charge in [0.2, 0.25) is 10.4 Å². The molecule has 2 N–H and O–H groups in total. The number of rotatable bonds is 7. The van der Waals surface area contributed by atoms with Gasteiger partial charge in [-0.2, -0.15) is 0 Å². The van der Waals surface area contributed by atoms with E-state index in [1.165, 1.54) is 5.57 Å². The molecular formula is C27H43NaO7S.